The standard InChI is InChI=1S/C15H19NO2S/c1-10-6-7-12(13(9-10)17-3)18-15(11(2)16)14-5-4-8-19-14/h4-9,11,15H,16H2,1-3H3. The largest absolute Gasteiger partial charge is 0.493 e. The van der Waals surface area contributed by atoms with Crippen molar-refractivity contribution in [1.29, 1.82) is 0 Å². The van der Waals surface area contributed by atoms with Gasteiger partial charge in [-0.2, -0.15) is 0 Å². The van der Waals surface area contributed by atoms with Crippen LogP contribution in [0.4, 0.5) is 0 Å². The summed E-state index contributed by atoms with van der Waals surface area (Å²) in [6.07, 6.45) is -0.156. The van der Waals surface area contributed by atoms with Crippen LogP contribution in [0.5, 0.6) is 11.5 Å². The lowest BCUT2D eigenvalue weighted by Gasteiger charge is -2.22. The number of benzene rings is 1. The Hall–Kier alpha value is -1.52. The van der Waals surface area contributed by atoms with Gasteiger partial charge in [0.2, 0.25) is 0 Å². The summed E-state index contributed by atoms with van der Waals surface area (Å²) < 4.78 is 11.4. The third-order valence-corrected chi connectivity index (χ3v) is 3.81. The highest BCUT2D eigenvalue weighted by molar-refractivity contribution is 7.10. The third-order valence-electron chi connectivity index (χ3n) is 2.87. The van der Waals surface area contributed by atoms with Gasteiger partial charge < -0.3 is 15.2 Å². The molecule has 0 aliphatic heterocycles. The number of ether oxygens (including phenoxy) is 2. The van der Waals surface area contributed by atoms with Crippen LogP contribution in [0.25, 0.3) is 0 Å². The second-order valence-electron chi connectivity index (χ2n) is 4.57. The molecule has 0 spiro atoms. The molecule has 1 heterocycles. The van der Waals surface area contributed by atoms with Gasteiger partial charge in [-0.05, 0) is 43.0 Å². The van der Waals surface area contributed by atoms with Crippen molar-refractivity contribution in [2.75, 3.05) is 7.11 Å². The summed E-state index contributed by atoms with van der Waals surface area (Å²) in [5.41, 5.74) is 7.17. The number of thiophene rings is 1. The first-order valence-corrected chi connectivity index (χ1v) is 7.10. The molecule has 0 radical (unpaired) electrons. The van der Waals surface area contributed by atoms with Crippen molar-refractivity contribution in [3.8, 4) is 11.5 Å². The Labute approximate surface area is 118 Å². The van der Waals surface area contributed by atoms with Gasteiger partial charge >= 0.3 is 0 Å². The fourth-order valence-electron chi connectivity index (χ4n) is 1.89. The van der Waals surface area contributed by atoms with Gasteiger partial charge in [0.05, 0.1) is 7.11 Å². The van der Waals surface area contributed by atoms with Gasteiger partial charge in [-0.25, -0.2) is 0 Å². The number of nitrogens with two attached hydrogens (primary N) is 1. The second-order valence-corrected chi connectivity index (χ2v) is 5.55. The van der Waals surface area contributed by atoms with Crippen LogP contribution in [-0.4, -0.2) is 13.2 Å². The molecule has 2 atom stereocenters. The number of rotatable bonds is 5. The molecule has 0 amide bonds. The molecule has 0 bridgehead atoms. The fourth-order valence-corrected chi connectivity index (χ4v) is 2.75. The fraction of sp³-hybridized carbons (Fsp3) is 0.333. The Morgan fingerprint density at radius 3 is 2.58 bits per heavy atom. The summed E-state index contributed by atoms with van der Waals surface area (Å²) in [5.74, 6) is 1.46. The van der Waals surface area contributed by atoms with Crippen LogP contribution < -0.4 is 15.2 Å². The van der Waals surface area contributed by atoms with Crippen LogP contribution in [0.1, 0.15) is 23.5 Å². The van der Waals surface area contributed by atoms with Gasteiger partial charge in [0.15, 0.2) is 11.5 Å². The monoisotopic (exact) mass is 277 g/mol. The number of hydrogen-bond donors (Lipinski definition) is 1. The lowest BCUT2D eigenvalue weighted by Crippen LogP contribution is -2.28. The van der Waals surface area contributed by atoms with Gasteiger partial charge in [-0.3, -0.25) is 0 Å². The van der Waals surface area contributed by atoms with E-state index < -0.39 is 0 Å². The van der Waals surface area contributed by atoms with Gasteiger partial charge in [0.25, 0.3) is 0 Å². The molecule has 4 heteroatoms. The molecule has 0 aliphatic rings. The average Bonchev–Trinajstić information content (AvgIpc) is 2.90. The topological polar surface area (TPSA) is 44.5 Å². The van der Waals surface area contributed by atoms with E-state index in [0.717, 1.165) is 21.9 Å². The van der Waals surface area contributed by atoms with E-state index in [-0.39, 0.29) is 12.1 Å². The van der Waals surface area contributed by atoms with Crippen LogP contribution >= 0.6 is 11.3 Å². The van der Waals surface area contributed by atoms with Crippen LogP contribution in [0, 0.1) is 6.92 Å². The Morgan fingerprint density at radius 2 is 2.00 bits per heavy atom. The Kier molecular flexibility index (Phi) is 4.45. The Morgan fingerprint density at radius 1 is 1.21 bits per heavy atom. The van der Waals surface area contributed by atoms with E-state index in [1.54, 1.807) is 18.4 Å². The number of aryl methyl sites for hydroxylation is 1. The summed E-state index contributed by atoms with van der Waals surface area (Å²) >= 11 is 1.65. The predicted molar refractivity (Wildman–Crippen MR) is 79.1 cm³/mol. The number of hydrogen-bond acceptors (Lipinski definition) is 4. The van der Waals surface area contributed by atoms with Gasteiger partial charge in [0.1, 0.15) is 6.10 Å². The molecule has 0 saturated heterocycles. The van der Waals surface area contributed by atoms with E-state index in [1.165, 1.54) is 0 Å². The first-order valence-electron chi connectivity index (χ1n) is 6.22. The zero-order valence-electron chi connectivity index (χ0n) is 11.4. The maximum Gasteiger partial charge on any atom is 0.162 e. The van der Waals surface area contributed by atoms with Crippen molar-refractivity contribution < 1.29 is 9.47 Å². The molecule has 19 heavy (non-hydrogen) atoms. The highest BCUT2D eigenvalue weighted by Gasteiger charge is 2.20. The maximum absolute atomic E-state index is 6.06. The summed E-state index contributed by atoms with van der Waals surface area (Å²) in [4.78, 5) is 1.12. The lowest BCUT2D eigenvalue weighted by atomic mass is 10.1. The molecule has 0 aliphatic carbocycles. The Bertz CT molecular complexity index is 523. The molecule has 2 N–H and O–H groups in total. The molecule has 0 saturated carbocycles. The van der Waals surface area contributed by atoms with E-state index in [1.807, 2.05) is 49.6 Å². The third kappa shape index (κ3) is 3.28. The zero-order valence-corrected chi connectivity index (χ0v) is 12.2. The van der Waals surface area contributed by atoms with E-state index in [2.05, 4.69) is 0 Å². The van der Waals surface area contributed by atoms with Crippen LogP contribution in [-0.2, 0) is 0 Å². The van der Waals surface area contributed by atoms with Crippen molar-refractivity contribution in [1.82, 2.24) is 0 Å². The van der Waals surface area contributed by atoms with E-state index in [9.17, 15) is 0 Å². The van der Waals surface area contributed by atoms with Crippen LogP contribution in [0.15, 0.2) is 35.7 Å². The van der Waals surface area contributed by atoms with E-state index in [0.29, 0.717) is 0 Å². The van der Waals surface area contributed by atoms with Crippen molar-refractivity contribution in [3.63, 3.8) is 0 Å². The molecular formula is C15H19NO2S. The van der Waals surface area contributed by atoms with E-state index >= 15 is 0 Å². The molecule has 102 valence electrons. The van der Waals surface area contributed by atoms with Crippen molar-refractivity contribution in [2.24, 2.45) is 5.73 Å². The van der Waals surface area contributed by atoms with Gasteiger partial charge in [0, 0.05) is 10.9 Å². The first kappa shape index (κ1) is 13.9. The maximum atomic E-state index is 6.06. The lowest BCUT2D eigenvalue weighted by molar-refractivity contribution is 0.176. The minimum atomic E-state index is -0.156. The van der Waals surface area contributed by atoms with Crippen LogP contribution in [0.3, 0.4) is 0 Å². The van der Waals surface area contributed by atoms with Gasteiger partial charge in [-0.15, -0.1) is 11.3 Å². The highest BCUT2D eigenvalue weighted by Crippen LogP contribution is 2.34. The normalized spacial score (nSPS) is 13.9. The van der Waals surface area contributed by atoms with Crippen molar-refractivity contribution in [2.45, 2.75) is 26.0 Å². The molecule has 2 aromatic rings. The minimum Gasteiger partial charge on any atom is -0.493 e. The molecule has 2 unspecified atom stereocenters. The SMILES string of the molecule is COc1cc(C)ccc1OC(c1cccs1)C(C)N. The molecular weight excluding hydrogens is 258 g/mol. The molecule has 1 aromatic heterocycles. The van der Waals surface area contributed by atoms with E-state index in [4.69, 9.17) is 15.2 Å². The Balaban J connectivity index is 2.27. The highest BCUT2D eigenvalue weighted by atomic mass is 32.1. The average molecular weight is 277 g/mol. The van der Waals surface area contributed by atoms with Crippen molar-refractivity contribution >= 4 is 11.3 Å². The summed E-state index contributed by atoms with van der Waals surface area (Å²) in [7, 11) is 1.65. The molecule has 3 nitrogen and oxygen atoms in total. The van der Waals surface area contributed by atoms with Crippen LogP contribution in [0.2, 0.25) is 0 Å². The second kappa shape index (κ2) is 6.08. The molecule has 0 fully saturated rings. The number of methoxy groups -OCH3 is 1. The smallest absolute Gasteiger partial charge is 0.162 e. The van der Waals surface area contributed by atoms with Gasteiger partial charge in [-0.1, -0.05) is 12.1 Å². The molecule has 2 rings (SSSR count). The summed E-state index contributed by atoms with van der Waals surface area (Å²) in [5, 5.41) is 2.03. The predicted octanol–water partition coefficient (Wildman–Crippen LogP) is 3.53. The quantitative estimate of drug-likeness (QED) is 0.909. The van der Waals surface area contributed by atoms with Crippen molar-refractivity contribution in [3.05, 3.63) is 46.2 Å². The molecule has 1 aromatic carbocycles. The zero-order chi connectivity index (χ0) is 13.8. The first-order chi connectivity index (χ1) is 9.11. The summed E-state index contributed by atoms with van der Waals surface area (Å²) in [6, 6.07) is 9.85. The summed E-state index contributed by atoms with van der Waals surface area (Å²) in [6.45, 7) is 3.97. The minimum absolute atomic E-state index is 0.0929.